The van der Waals surface area contributed by atoms with E-state index in [4.69, 9.17) is 9.47 Å². The van der Waals surface area contributed by atoms with Gasteiger partial charge in [-0.05, 0) is 43.6 Å². The minimum absolute atomic E-state index is 0.121. The van der Waals surface area contributed by atoms with E-state index in [9.17, 15) is 9.90 Å². The summed E-state index contributed by atoms with van der Waals surface area (Å²) < 4.78 is 11.1. The van der Waals surface area contributed by atoms with Gasteiger partial charge in [-0.3, -0.25) is 0 Å². The third kappa shape index (κ3) is 1.54. The number of carbonyl (C=O) groups is 1. The van der Waals surface area contributed by atoms with Crippen LogP contribution in [0.15, 0.2) is 11.1 Å². The van der Waals surface area contributed by atoms with E-state index in [0.29, 0.717) is 36.2 Å². The number of carboxylic acid groups (broad SMARTS) is 1. The Morgan fingerprint density at radius 1 is 1.12 bits per heavy atom. The van der Waals surface area contributed by atoms with Gasteiger partial charge in [0.15, 0.2) is 0 Å². The largest absolute Gasteiger partial charge is 0.478 e. The summed E-state index contributed by atoms with van der Waals surface area (Å²) in [6.45, 7) is 0. The number of fused-ring (bicyclic) bond motifs is 2. The molecule has 17 heavy (non-hydrogen) atoms. The summed E-state index contributed by atoms with van der Waals surface area (Å²) in [5.41, 5.74) is 1.73. The fourth-order valence-corrected chi connectivity index (χ4v) is 3.63. The summed E-state index contributed by atoms with van der Waals surface area (Å²) in [5, 5.41) is 9.31. The first-order chi connectivity index (χ1) is 8.24. The molecule has 5 unspecified atom stereocenters. The normalized spacial score (nSPS) is 47.2. The average molecular weight is 236 g/mol. The third-order valence-electron chi connectivity index (χ3n) is 4.62. The molecule has 0 bridgehead atoms. The molecule has 0 amide bonds. The van der Waals surface area contributed by atoms with E-state index in [1.54, 1.807) is 0 Å². The molecule has 2 heterocycles. The molecule has 1 saturated carbocycles. The average Bonchev–Trinajstić information content (AvgIpc) is 3.20. The lowest BCUT2D eigenvalue weighted by atomic mass is 9.77. The van der Waals surface area contributed by atoms with Crippen LogP contribution in [0.3, 0.4) is 0 Å². The molecule has 2 aliphatic heterocycles. The molecule has 2 aliphatic carbocycles. The van der Waals surface area contributed by atoms with E-state index in [0.717, 1.165) is 31.3 Å². The number of hydrogen-bond acceptors (Lipinski definition) is 3. The number of hydrogen-bond donors (Lipinski definition) is 1. The molecule has 4 heteroatoms. The number of rotatable bonds is 2. The minimum atomic E-state index is -0.743. The number of carboxylic acids is 1. The Morgan fingerprint density at radius 3 is 2.76 bits per heavy atom. The van der Waals surface area contributed by atoms with Crippen LogP contribution in [0, 0.1) is 5.92 Å². The highest BCUT2D eigenvalue weighted by Crippen LogP contribution is 2.50. The van der Waals surface area contributed by atoms with Crippen LogP contribution < -0.4 is 0 Å². The van der Waals surface area contributed by atoms with Crippen LogP contribution in [0.4, 0.5) is 0 Å². The highest BCUT2D eigenvalue weighted by molar-refractivity contribution is 5.88. The maximum Gasteiger partial charge on any atom is 0.331 e. The second-order valence-corrected chi connectivity index (χ2v) is 5.60. The fraction of sp³-hybridized carbons (Fsp3) is 0.769. The van der Waals surface area contributed by atoms with Gasteiger partial charge >= 0.3 is 5.97 Å². The smallest absolute Gasteiger partial charge is 0.331 e. The summed E-state index contributed by atoms with van der Waals surface area (Å²) in [5.74, 6) is -0.354. The van der Waals surface area contributed by atoms with E-state index >= 15 is 0 Å². The van der Waals surface area contributed by atoms with Crippen LogP contribution >= 0.6 is 0 Å². The van der Waals surface area contributed by atoms with Crippen LogP contribution in [0.5, 0.6) is 0 Å². The minimum Gasteiger partial charge on any atom is -0.478 e. The lowest BCUT2D eigenvalue weighted by Gasteiger charge is -2.25. The van der Waals surface area contributed by atoms with Gasteiger partial charge < -0.3 is 14.6 Å². The summed E-state index contributed by atoms with van der Waals surface area (Å²) >= 11 is 0. The molecule has 4 aliphatic rings. The van der Waals surface area contributed by atoms with E-state index in [1.807, 2.05) is 0 Å². The first-order valence-electron chi connectivity index (χ1n) is 6.51. The zero-order valence-electron chi connectivity index (χ0n) is 9.59. The first-order valence-corrected chi connectivity index (χ1v) is 6.51. The highest BCUT2D eigenvalue weighted by Gasteiger charge is 2.52. The van der Waals surface area contributed by atoms with Gasteiger partial charge in [0.05, 0.1) is 18.3 Å². The van der Waals surface area contributed by atoms with Crippen molar-refractivity contribution in [2.24, 2.45) is 5.92 Å². The van der Waals surface area contributed by atoms with Crippen molar-refractivity contribution in [1.82, 2.24) is 0 Å². The Kier molecular flexibility index (Phi) is 1.97. The van der Waals surface area contributed by atoms with Crippen LogP contribution in [0.2, 0.25) is 0 Å². The number of aliphatic carboxylic acids is 1. The Balaban J connectivity index is 1.65. The van der Waals surface area contributed by atoms with Gasteiger partial charge in [0.2, 0.25) is 0 Å². The molecule has 0 aromatic rings. The van der Waals surface area contributed by atoms with Gasteiger partial charge in [-0.15, -0.1) is 0 Å². The number of epoxide rings is 2. The second kappa shape index (κ2) is 3.33. The lowest BCUT2D eigenvalue weighted by molar-refractivity contribution is -0.133. The van der Waals surface area contributed by atoms with E-state index in [2.05, 4.69) is 0 Å². The van der Waals surface area contributed by atoms with Crippen LogP contribution in [0.1, 0.15) is 32.1 Å². The molecule has 0 spiro atoms. The molecule has 0 aromatic heterocycles. The van der Waals surface area contributed by atoms with E-state index < -0.39 is 5.97 Å². The molecular weight excluding hydrogens is 220 g/mol. The molecule has 0 aromatic carbocycles. The van der Waals surface area contributed by atoms with Gasteiger partial charge in [0.25, 0.3) is 0 Å². The fourth-order valence-electron chi connectivity index (χ4n) is 3.63. The van der Waals surface area contributed by atoms with Gasteiger partial charge in [-0.25, -0.2) is 4.79 Å². The predicted molar refractivity (Wildman–Crippen MR) is 58.6 cm³/mol. The summed E-state index contributed by atoms with van der Waals surface area (Å²) in [6.07, 6.45) is 6.02. The molecule has 0 radical (unpaired) electrons. The summed E-state index contributed by atoms with van der Waals surface area (Å²) in [7, 11) is 0. The van der Waals surface area contributed by atoms with Crippen LogP contribution in [-0.4, -0.2) is 35.5 Å². The molecule has 2 saturated heterocycles. The molecule has 3 fully saturated rings. The Hall–Kier alpha value is -0.870. The quantitative estimate of drug-likeness (QED) is 0.738. The van der Waals surface area contributed by atoms with Crippen molar-refractivity contribution >= 4 is 5.97 Å². The first kappa shape index (κ1) is 10.1. The van der Waals surface area contributed by atoms with Crippen molar-refractivity contribution < 1.29 is 19.4 Å². The molecule has 4 nitrogen and oxygen atoms in total. The molecule has 1 N–H and O–H groups in total. The van der Waals surface area contributed by atoms with Crippen molar-refractivity contribution in [3.63, 3.8) is 0 Å². The molecule has 92 valence electrons. The third-order valence-corrected chi connectivity index (χ3v) is 4.62. The molecular formula is C13H16O4. The predicted octanol–water partition coefficient (Wildman–Crippen LogP) is 1.50. The zero-order chi connectivity index (χ0) is 11.6. The summed E-state index contributed by atoms with van der Waals surface area (Å²) in [4.78, 5) is 11.3. The standard InChI is InChI=1S/C13H16O4/c14-13(15)7-2-4-9-12(17-9)11(7)6-1-3-8-10(5-6)16-8/h6,8-10,12H,1-5H2,(H,14,15). The zero-order valence-corrected chi connectivity index (χ0v) is 9.59. The van der Waals surface area contributed by atoms with Crippen molar-refractivity contribution in [1.29, 1.82) is 0 Å². The van der Waals surface area contributed by atoms with Gasteiger partial charge in [0.1, 0.15) is 6.10 Å². The van der Waals surface area contributed by atoms with Crippen molar-refractivity contribution in [3.8, 4) is 0 Å². The highest BCUT2D eigenvalue weighted by atomic mass is 16.6. The molecule has 4 rings (SSSR count). The van der Waals surface area contributed by atoms with E-state index in [1.165, 1.54) is 0 Å². The van der Waals surface area contributed by atoms with Crippen molar-refractivity contribution in [3.05, 3.63) is 11.1 Å². The molecule has 5 atom stereocenters. The Morgan fingerprint density at radius 2 is 2.00 bits per heavy atom. The lowest BCUT2D eigenvalue weighted by Crippen LogP contribution is -2.25. The second-order valence-electron chi connectivity index (χ2n) is 5.60. The van der Waals surface area contributed by atoms with Gasteiger partial charge in [-0.1, -0.05) is 0 Å². The topological polar surface area (TPSA) is 62.4 Å². The van der Waals surface area contributed by atoms with Crippen LogP contribution in [-0.2, 0) is 14.3 Å². The Bertz CT molecular complexity index is 414. The van der Waals surface area contributed by atoms with Gasteiger partial charge in [-0.2, -0.15) is 0 Å². The SMILES string of the molecule is O=C(O)C1=C(C2CCC3OC3C2)C2OC2CC1. The van der Waals surface area contributed by atoms with E-state index in [-0.39, 0.29) is 6.10 Å². The maximum absolute atomic E-state index is 11.3. The number of ether oxygens (including phenoxy) is 2. The van der Waals surface area contributed by atoms with Crippen molar-refractivity contribution in [2.75, 3.05) is 0 Å². The van der Waals surface area contributed by atoms with Crippen molar-refractivity contribution in [2.45, 2.75) is 56.5 Å². The van der Waals surface area contributed by atoms with Crippen LogP contribution in [0.25, 0.3) is 0 Å². The Labute approximate surface area is 99.6 Å². The van der Waals surface area contributed by atoms with Gasteiger partial charge in [0, 0.05) is 5.57 Å². The summed E-state index contributed by atoms with van der Waals surface area (Å²) in [6, 6.07) is 0. The monoisotopic (exact) mass is 236 g/mol. The maximum atomic E-state index is 11.3.